The summed E-state index contributed by atoms with van der Waals surface area (Å²) >= 11 is 0. The number of ether oxygens (including phenoxy) is 1. The first-order valence-electron chi connectivity index (χ1n) is 7.96. The molecule has 20 heavy (non-hydrogen) atoms. The van der Waals surface area contributed by atoms with Gasteiger partial charge >= 0.3 is 0 Å². The molecule has 0 aliphatic heterocycles. The zero-order valence-electron chi connectivity index (χ0n) is 12.5. The SMILES string of the molecule is O=[C]CCCCCCCCCCCOc1ccccc1. The molecule has 0 aromatic heterocycles. The summed E-state index contributed by atoms with van der Waals surface area (Å²) < 4.78 is 5.66. The Morgan fingerprint density at radius 3 is 1.90 bits per heavy atom. The highest BCUT2D eigenvalue weighted by molar-refractivity contribution is 5.50. The van der Waals surface area contributed by atoms with Crippen molar-refractivity contribution in [1.82, 2.24) is 0 Å². The number of hydrogen-bond donors (Lipinski definition) is 0. The van der Waals surface area contributed by atoms with Crippen LogP contribution in [0.5, 0.6) is 5.75 Å². The van der Waals surface area contributed by atoms with Gasteiger partial charge in [-0.3, -0.25) is 4.79 Å². The van der Waals surface area contributed by atoms with Crippen LogP contribution in [-0.4, -0.2) is 12.9 Å². The lowest BCUT2D eigenvalue weighted by atomic mass is 10.1. The van der Waals surface area contributed by atoms with Gasteiger partial charge in [0.15, 0.2) is 6.29 Å². The van der Waals surface area contributed by atoms with E-state index in [-0.39, 0.29) is 0 Å². The van der Waals surface area contributed by atoms with Gasteiger partial charge in [-0.05, 0) is 25.0 Å². The lowest BCUT2D eigenvalue weighted by Crippen LogP contribution is -1.96. The number of unbranched alkanes of at least 4 members (excludes halogenated alkanes) is 9. The second-order valence-electron chi connectivity index (χ2n) is 5.24. The fourth-order valence-electron chi connectivity index (χ4n) is 2.24. The normalized spacial score (nSPS) is 10.4. The van der Waals surface area contributed by atoms with Crippen molar-refractivity contribution in [2.75, 3.05) is 6.61 Å². The van der Waals surface area contributed by atoms with E-state index in [1.54, 1.807) is 0 Å². The number of carbonyl (C=O) groups excluding carboxylic acids is 1. The van der Waals surface area contributed by atoms with E-state index in [0.29, 0.717) is 6.42 Å². The summed E-state index contributed by atoms with van der Waals surface area (Å²) in [6.07, 6.45) is 13.7. The van der Waals surface area contributed by atoms with Crippen LogP contribution >= 0.6 is 0 Å². The Morgan fingerprint density at radius 2 is 1.30 bits per heavy atom. The standard InChI is InChI=1S/C18H27O2/c19-16-12-7-5-3-1-2-4-6-8-13-17-20-18-14-10-9-11-15-18/h9-11,14-15H,1-8,12-13,17H2. The molecule has 1 aromatic rings. The van der Waals surface area contributed by atoms with Crippen LogP contribution in [0.2, 0.25) is 0 Å². The van der Waals surface area contributed by atoms with Crippen LogP contribution in [0.1, 0.15) is 64.2 Å². The zero-order valence-corrected chi connectivity index (χ0v) is 12.5. The fraction of sp³-hybridized carbons (Fsp3) is 0.611. The third-order valence-electron chi connectivity index (χ3n) is 3.44. The van der Waals surface area contributed by atoms with Gasteiger partial charge in [-0.2, -0.15) is 0 Å². The minimum atomic E-state index is 0.613. The molecule has 2 nitrogen and oxygen atoms in total. The molecule has 1 rings (SSSR count). The van der Waals surface area contributed by atoms with Crippen molar-refractivity contribution in [2.45, 2.75) is 64.2 Å². The number of rotatable bonds is 13. The number of hydrogen-bond acceptors (Lipinski definition) is 2. The van der Waals surface area contributed by atoms with Gasteiger partial charge in [0.2, 0.25) is 0 Å². The van der Waals surface area contributed by atoms with Gasteiger partial charge in [0.25, 0.3) is 0 Å². The van der Waals surface area contributed by atoms with Crippen LogP contribution in [0.25, 0.3) is 0 Å². The van der Waals surface area contributed by atoms with Crippen molar-refractivity contribution >= 4 is 6.29 Å². The van der Waals surface area contributed by atoms with E-state index in [1.165, 1.54) is 44.9 Å². The summed E-state index contributed by atoms with van der Waals surface area (Å²) in [5.74, 6) is 0.972. The van der Waals surface area contributed by atoms with E-state index < -0.39 is 0 Å². The molecule has 0 unspecified atom stereocenters. The van der Waals surface area contributed by atoms with Gasteiger partial charge < -0.3 is 4.74 Å². The molecule has 1 radical (unpaired) electrons. The Labute approximate surface area is 123 Å². The second kappa shape index (κ2) is 12.7. The predicted molar refractivity (Wildman–Crippen MR) is 83.8 cm³/mol. The summed E-state index contributed by atoms with van der Waals surface area (Å²) in [5, 5.41) is 0. The molecule has 0 spiro atoms. The van der Waals surface area contributed by atoms with Crippen LogP contribution in [0.4, 0.5) is 0 Å². The van der Waals surface area contributed by atoms with E-state index >= 15 is 0 Å². The molecule has 2 heteroatoms. The highest BCUT2D eigenvalue weighted by Gasteiger charge is 1.94. The van der Waals surface area contributed by atoms with Gasteiger partial charge in [-0.1, -0.05) is 63.1 Å². The van der Waals surface area contributed by atoms with Crippen molar-refractivity contribution in [3.8, 4) is 5.75 Å². The quantitative estimate of drug-likeness (QED) is 0.469. The fourth-order valence-corrected chi connectivity index (χ4v) is 2.24. The van der Waals surface area contributed by atoms with Crippen molar-refractivity contribution in [2.24, 2.45) is 0 Å². The molecule has 0 saturated carbocycles. The highest BCUT2D eigenvalue weighted by Crippen LogP contribution is 2.12. The monoisotopic (exact) mass is 275 g/mol. The van der Waals surface area contributed by atoms with Crippen molar-refractivity contribution in [3.63, 3.8) is 0 Å². The smallest absolute Gasteiger partial charge is 0.198 e. The molecule has 0 aliphatic carbocycles. The van der Waals surface area contributed by atoms with Crippen molar-refractivity contribution in [1.29, 1.82) is 0 Å². The third-order valence-corrected chi connectivity index (χ3v) is 3.44. The van der Waals surface area contributed by atoms with E-state index in [9.17, 15) is 4.79 Å². The predicted octanol–water partition coefficient (Wildman–Crippen LogP) is 5.08. The van der Waals surface area contributed by atoms with Crippen LogP contribution in [0, 0.1) is 0 Å². The largest absolute Gasteiger partial charge is 0.494 e. The van der Waals surface area contributed by atoms with Crippen LogP contribution in [-0.2, 0) is 4.79 Å². The molecule has 111 valence electrons. The van der Waals surface area contributed by atoms with Gasteiger partial charge in [-0.15, -0.1) is 0 Å². The Bertz CT molecular complexity index is 321. The molecular weight excluding hydrogens is 248 g/mol. The first-order chi connectivity index (χ1) is 9.93. The molecule has 0 bridgehead atoms. The van der Waals surface area contributed by atoms with E-state index in [0.717, 1.165) is 25.2 Å². The van der Waals surface area contributed by atoms with E-state index in [2.05, 4.69) is 0 Å². The van der Waals surface area contributed by atoms with Gasteiger partial charge in [0, 0.05) is 6.42 Å². The van der Waals surface area contributed by atoms with Gasteiger partial charge in [0.1, 0.15) is 5.75 Å². The molecule has 0 saturated heterocycles. The average molecular weight is 275 g/mol. The second-order valence-corrected chi connectivity index (χ2v) is 5.24. The lowest BCUT2D eigenvalue weighted by Gasteiger charge is -2.05. The summed E-state index contributed by atoms with van der Waals surface area (Å²) in [4.78, 5) is 10.0. The van der Waals surface area contributed by atoms with Crippen molar-refractivity contribution < 1.29 is 9.53 Å². The lowest BCUT2D eigenvalue weighted by molar-refractivity contribution is 0.304. The van der Waals surface area contributed by atoms with Crippen molar-refractivity contribution in [3.05, 3.63) is 30.3 Å². The maximum Gasteiger partial charge on any atom is 0.198 e. The molecular formula is C18H27O2. The number of benzene rings is 1. The summed E-state index contributed by atoms with van der Waals surface area (Å²) in [5.41, 5.74) is 0. The first-order valence-corrected chi connectivity index (χ1v) is 7.96. The van der Waals surface area contributed by atoms with E-state index in [4.69, 9.17) is 4.74 Å². The summed E-state index contributed by atoms with van der Waals surface area (Å²) in [7, 11) is 0. The maximum absolute atomic E-state index is 10.0. The molecule has 0 fully saturated rings. The average Bonchev–Trinajstić information content (AvgIpc) is 2.49. The summed E-state index contributed by atoms with van der Waals surface area (Å²) in [6.45, 7) is 0.826. The Kier molecular flexibility index (Phi) is 10.6. The van der Waals surface area contributed by atoms with Crippen LogP contribution in [0.3, 0.4) is 0 Å². The molecule has 0 amide bonds. The zero-order chi connectivity index (χ0) is 14.3. The molecule has 1 aromatic carbocycles. The molecule has 0 atom stereocenters. The summed E-state index contributed by atoms with van der Waals surface area (Å²) in [6, 6.07) is 10.0. The Morgan fingerprint density at radius 1 is 0.750 bits per heavy atom. The first kappa shape index (κ1) is 16.7. The Hall–Kier alpha value is -1.31. The number of para-hydroxylation sites is 1. The topological polar surface area (TPSA) is 26.3 Å². The highest BCUT2D eigenvalue weighted by atomic mass is 16.5. The van der Waals surface area contributed by atoms with Crippen LogP contribution in [0.15, 0.2) is 30.3 Å². The molecule has 0 aliphatic rings. The minimum absolute atomic E-state index is 0.613. The third kappa shape index (κ3) is 9.60. The maximum atomic E-state index is 10.0. The van der Waals surface area contributed by atoms with Crippen LogP contribution < -0.4 is 4.74 Å². The van der Waals surface area contributed by atoms with Gasteiger partial charge in [0.05, 0.1) is 6.61 Å². The Balaban J connectivity index is 1.78. The molecule has 0 N–H and O–H groups in total. The molecule has 0 heterocycles. The van der Waals surface area contributed by atoms with E-state index in [1.807, 2.05) is 36.6 Å². The van der Waals surface area contributed by atoms with Gasteiger partial charge in [-0.25, -0.2) is 0 Å². The minimum Gasteiger partial charge on any atom is -0.494 e.